The fourth-order valence-corrected chi connectivity index (χ4v) is 5.99. The van der Waals surface area contributed by atoms with Gasteiger partial charge in [-0.25, -0.2) is 0 Å². The minimum atomic E-state index is 0.674. The lowest BCUT2D eigenvalue weighted by molar-refractivity contribution is 1.13. The van der Waals surface area contributed by atoms with E-state index in [2.05, 4.69) is 118 Å². The molecule has 8 rings (SSSR count). The van der Waals surface area contributed by atoms with Crippen LogP contribution in [0.15, 0.2) is 128 Å². The number of hydrogen-bond donors (Lipinski definition) is 0. The Morgan fingerprint density at radius 3 is 2.05 bits per heavy atom. The van der Waals surface area contributed by atoms with E-state index >= 15 is 0 Å². The number of aromatic nitrogens is 2. The van der Waals surface area contributed by atoms with Crippen LogP contribution in [-0.2, 0) is 0 Å². The maximum atomic E-state index is 9.14. The zero-order chi connectivity index (χ0) is 25.2. The fourth-order valence-electron chi connectivity index (χ4n) is 5.99. The molecule has 0 aliphatic heterocycles. The monoisotopic (exact) mass is 483 g/mol. The van der Waals surface area contributed by atoms with Crippen molar-refractivity contribution in [2.75, 3.05) is 0 Å². The molecule has 6 aromatic carbocycles. The SMILES string of the molecule is N#Cc1ccc(-c2ccc(-n3c4cccc5ccc6cc7c(ccn7-c7ccccc7)c3c6c54)cc2)cc1. The van der Waals surface area contributed by atoms with Gasteiger partial charge in [0.1, 0.15) is 0 Å². The average molecular weight is 484 g/mol. The van der Waals surface area contributed by atoms with E-state index in [1.54, 1.807) is 0 Å². The van der Waals surface area contributed by atoms with E-state index < -0.39 is 0 Å². The molecule has 0 aliphatic rings. The third-order valence-corrected chi connectivity index (χ3v) is 7.74. The van der Waals surface area contributed by atoms with Gasteiger partial charge >= 0.3 is 0 Å². The van der Waals surface area contributed by atoms with Gasteiger partial charge in [-0.05, 0) is 76.5 Å². The molecule has 0 saturated heterocycles. The summed E-state index contributed by atoms with van der Waals surface area (Å²) in [6.45, 7) is 0. The van der Waals surface area contributed by atoms with E-state index in [0.29, 0.717) is 5.56 Å². The molecule has 2 aromatic heterocycles. The highest BCUT2D eigenvalue weighted by Crippen LogP contribution is 2.43. The first kappa shape index (κ1) is 20.8. The van der Waals surface area contributed by atoms with Crippen LogP contribution >= 0.6 is 0 Å². The Labute approximate surface area is 219 Å². The van der Waals surface area contributed by atoms with Crippen molar-refractivity contribution in [2.24, 2.45) is 0 Å². The molecule has 0 radical (unpaired) electrons. The van der Waals surface area contributed by atoms with Crippen molar-refractivity contribution in [1.82, 2.24) is 9.13 Å². The van der Waals surface area contributed by atoms with E-state index in [-0.39, 0.29) is 0 Å². The summed E-state index contributed by atoms with van der Waals surface area (Å²) < 4.78 is 4.70. The Kier molecular flexibility index (Phi) is 4.29. The summed E-state index contributed by atoms with van der Waals surface area (Å²) in [6.07, 6.45) is 2.18. The second-order valence-electron chi connectivity index (χ2n) is 9.79. The van der Waals surface area contributed by atoms with Crippen LogP contribution in [0.2, 0.25) is 0 Å². The maximum Gasteiger partial charge on any atom is 0.0991 e. The van der Waals surface area contributed by atoms with Crippen LogP contribution in [0.3, 0.4) is 0 Å². The van der Waals surface area contributed by atoms with Crippen molar-refractivity contribution < 1.29 is 0 Å². The topological polar surface area (TPSA) is 33.6 Å². The van der Waals surface area contributed by atoms with Crippen molar-refractivity contribution in [2.45, 2.75) is 0 Å². The molecule has 0 aliphatic carbocycles. The standard InChI is InChI=1S/C35H21N3/c36-22-23-9-11-24(12-10-23)25-15-17-29(18-16-25)38-31-8-4-5-26-13-14-27-21-32-30(35(38)34(27)33(26)31)19-20-37(32)28-6-2-1-3-7-28/h1-21H. The number of nitrogens with zero attached hydrogens (tertiary/aromatic N) is 3. The van der Waals surface area contributed by atoms with Gasteiger partial charge in [-0.2, -0.15) is 5.26 Å². The predicted octanol–water partition coefficient (Wildman–Crippen LogP) is 8.86. The predicted molar refractivity (Wildman–Crippen MR) is 156 cm³/mol. The lowest BCUT2D eigenvalue weighted by Crippen LogP contribution is -1.95. The molecule has 176 valence electrons. The number of fused-ring (bicyclic) bond motifs is 2. The molecule has 3 heteroatoms. The normalized spacial score (nSPS) is 11.7. The summed E-state index contributed by atoms with van der Waals surface area (Å²) in [4.78, 5) is 0. The fraction of sp³-hybridized carbons (Fsp3) is 0. The first-order valence-electron chi connectivity index (χ1n) is 12.8. The first-order valence-corrected chi connectivity index (χ1v) is 12.8. The molecular weight excluding hydrogens is 462 g/mol. The van der Waals surface area contributed by atoms with Crippen LogP contribution in [0.1, 0.15) is 5.56 Å². The Hall–Kier alpha value is -5.33. The van der Waals surface area contributed by atoms with E-state index in [4.69, 9.17) is 5.26 Å². The Morgan fingerprint density at radius 1 is 0.553 bits per heavy atom. The maximum absolute atomic E-state index is 9.14. The summed E-state index contributed by atoms with van der Waals surface area (Å²) >= 11 is 0. The smallest absolute Gasteiger partial charge is 0.0991 e. The van der Waals surface area contributed by atoms with E-state index in [9.17, 15) is 0 Å². The van der Waals surface area contributed by atoms with Crippen molar-refractivity contribution in [3.8, 4) is 28.6 Å². The van der Waals surface area contributed by atoms with E-state index in [1.165, 1.54) is 43.5 Å². The molecule has 0 N–H and O–H groups in total. The minimum absolute atomic E-state index is 0.674. The second-order valence-corrected chi connectivity index (χ2v) is 9.79. The molecule has 0 unspecified atom stereocenters. The van der Waals surface area contributed by atoms with Crippen LogP contribution < -0.4 is 0 Å². The number of hydrogen-bond acceptors (Lipinski definition) is 1. The highest BCUT2D eigenvalue weighted by Gasteiger charge is 2.20. The number of rotatable bonds is 3. The lowest BCUT2D eigenvalue weighted by atomic mass is 10.0. The summed E-state index contributed by atoms with van der Waals surface area (Å²) in [5, 5.41) is 15.5. The quantitative estimate of drug-likeness (QED) is 0.231. The molecule has 3 nitrogen and oxygen atoms in total. The van der Waals surface area contributed by atoms with Crippen LogP contribution in [-0.4, -0.2) is 9.13 Å². The van der Waals surface area contributed by atoms with Gasteiger partial charge in [0.15, 0.2) is 0 Å². The van der Waals surface area contributed by atoms with E-state index in [1.807, 2.05) is 24.3 Å². The van der Waals surface area contributed by atoms with Crippen LogP contribution in [0.5, 0.6) is 0 Å². The summed E-state index contributed by atoms with van der Waals surface area (Å²) in [6, 6.07) is 44.9. The highest BCUT2D eigenvalue weighted by molar-refractivity contribution is 6.29. The third kappa shape index (κ3) is 2.89. The molecular formula is C35H21N3. The highest BCUT2D eigenvalue weighted by atomic mass is 15.0. The van der Waals surface area contributed by atoms with E-state index in [0.717, 1.165) is 22.5 Å². The second kappa shape index (κ2) is 7.83. The molecule has 8 aromatic rings. The summed E-state index contributed by atoms with van der Waals surface area (Å²) in [5.74, 6) is 0. The average Bonchev–Trinajstić information content (AvgIpc) is 3.57. The van der Waals surface area contributed by atoms with Crippen LogP contribution in [0.4, 0.5) is 0 Å². The van der Waals surface area contributed by atoms with Crippen molar-refractivity contribution in [1.29, 1.82) is 5.26 Å². The molecule has 0 fully saturated rings. The van der Waals surface area contributed by atoms with Gasteiger partial charge in [-0.15, -0.1) is 0 Å². The number of nitriles is 1. The molecule has 2 heterocycles. The molecule has 0 spiro atoms. The Morgan fingerprint density at radius 2 is 1.29 bits per heavy atom. The molecule has 0 bridgehead atoms. The van der Waals surface area contributed by atoms with Gasteiger partial charge in [0, 0.05) is 33.7 Å². The zero-order valence-corrected chi connectivity index (χ0v) is 20.5. The third-order valence-electron chi connectivity index (χ3n) is 7.74. The van der Waals surface area contributed by atoms with Crippen molar-refractivity contribution >= 4 is 43.5 Å². The zero-order valence-electron chi connectivity index (χ0n) is 20.5. The van der Waals surface area contributed by atoms with Crippen LogP contribution in [0.25, 0.3) is 66.0 Å². The van der Waals surface area contributed by atoms with Gasteiger partial charge < -0.3 is 9.13 Å². The first-order chi connectivity index (χ1) is 18.8. The van der Waals surface area contributed by atoms with Gasteiger partial charge in [-0.3, -0.25) is 0 Å². The van der Waals surface area contributed by atoms with Gasteiger partial charge in [0.05, 0.1) is 28.2 Å². The van der Waals surface area contributed by atoms with Crippen molar-refractivity contribution in [3.05, 3.63) is 133 Å². The molecule has 0 atom stereocenters. The summed E-state index contributed by atoms with van der Waals surface area (Å²) in [5.41, 5.74) is 8.85. The Bertz CT molecular complexity index is 2150. The minimum Gasteiger partial charge on any atom is -0.316 e. The number of benzene rings is 6. The van der Waals surface area contributed by atoms with Gasteiger partial charge in [-0.1, -0.05) is 66.7 Å². The molecule has 0 saturated carbocycles. The molecule has 0 amide bonds. The number of para-hydroxylation sites is 1. The van der Waals surface area contributed by atoms with Crippen molar-refractivity contribution in [3.63, 3.8) is 0 Å². The van der Waals surface area contributed by atoms with Gasteiger partial charge in [0.25, 0.3) is 0 Å². The molecule has 38 heavy (non-hydrogen) atoms. The van der Waals surface area contributed by atoms with Crippen LogP contribution in [0, 0.1) is 11.3 Å². The van der Waals surface area contributed by atoms with Gasteiger partial charge in [0.2, 0.25) is 0 Å². The summed E-state index contributed by atoms with van der Waals surface area (Å²) in [7, 11) is 0. The Balaban J connectivity index is 1.42. The lowest BCUT2D eigenvalue weighted by Gasteiger charge is -2.11. The largest absolute Gasteiger partial charge is 0.316 e.